The van der Waals surface area contributed by atoms with Gasteiger partial charge in [0.15, 0.2) is 0 Å². The summed E-state index contributed by atoms with van der Waals surface area (Å²) < 4.78 is 21.9. The smallest absolute Gasteiger partial charge is 0.112 e. The molecule has 102 valence electrons. The number of pyridine rings is 1. The minimum Gasteiger partial charge on any atom is -0.768 e. The third-order valence-electron chi connectivity index (χ3n) is 3.24. The monoisotopic (exact) mass is 286 g/mol. The lowest BCUT2D eigenvalue weighted by molar-refractivity contribution is 0.537. The topological polar surface area (TPSA) is 81.7 Å². The number of hydrogen-bond donors (Lipinski definition) is 1. The molecule has 1 atom stereocenters. The first-order chi connectivity index (χ1) is 9.56. The van der Waals surface area contributed by atoms with E-state index in [-0.39, 0.29) is 4.90 Å². The summed E-state index contributed by atoms with van der Waals surface area (Å²) in [6.45, 7) is 3.79. The molecule has 1 unspecified atom stereocenters. The lowest BCUT2D eigenvalue weighted by atomic mass is 10.1. The number of nitrogens with one attached hydrogen (secondary N) is 1. The average Bonchev–Trinajstić information content (AvgIpc) is 2.80. The number of aromatic nitrogens is 3. The average molecular weight is 286 g/mol. The van der Waals surface area contributed by atoms with Crippen LogP contribution in [0.3, 0.4) is 0 Å². The van der Waals surface area contributed by atoms with Crippen LogP contribution in [-0.4, -0.2) is 23.9 Å². The zero-order valence-corrected chi connectivity index (χ0v) is 11.8. The van der Waals surface area contributed by atoms with Crippen LogP contribution in [0, 0.1) is 13.8 Å². The normalized spacial score (nSPS) is 12.8. The summed E-state index contributed by atoms with van der Waals surface area (Å²) in [5.41, 5.74) is 5.17. The Balaban J connectivity index is 2.15. The molecule has 0 bridgehead atoms. The first-order valence-electron chi connectivity index (χ1n) is 6.08. The van der Waals surface area contributed by atoms with Gasteiger partial charge in [-0.3, -0.25) is 9.31 Å². The van der Waals surface area contributed by atoms with Crippen LogP contribution in [-0.2, 0) is 11.1 Å². The Kier molecular flexibility index (Phi) is 3.11. The molecule has 6 heteroatoms. The maximum absolute atomic E-state index is 11.0. The molecular weight excluding hydrogens is 274 g/mol. The Hall–Kier alpha value is -2.05. The van der Waals surface area contributed by atoms with E-state index in [1.54, 1.807) is 18.2 Å². The molecule has 0 fully saturated rings. The first kappa shape index (κ1) is 13.0. The van der Waals surface area contributed by atoms with E-state index in [0.717, 1.165) is 33.5 Å². The number of aryl methyl sites for hydroxylation is 2. The Bertz CT molecular complexity index is 826. The van der Waals surface area contributed by atoms with Gasteiger partial charge in [-0.1, -0.05) is 6.07 Å². The summed E-state index contributed by atoms with van der Waals surface area (Å²) in [6, 6.07) is 8.80. The van der Waals surface area contributed by atoms with E-state index in [1.165, 1.54) is 0 Å². The molecule has 20 heavy (non-hydrogen) atoms. The maximum Gasteiger partial charge on any atom is 0.112 e. The second kappa shape index (κ2) is 4.81. The van der Waals surface area contributed by atoms with Gasteiger partial charge in [0.2, 0.25) is 0 Å². The molecule has 0 aliphatic heterocycles. The fourth-order valence-corrected chi connectivity index (χ4v) is 2.64. The van der Waals surface area contributed by atoms with Crippen LogP contribution in [0.25, 0.3) is 22.3 Å². The number of H-pyrrole nitrogens is 1. The van der Waals surface area contributed by atoms with Crippen LogP contribution in [0.15, 0.2) is 35.2 Å². The molecule has 3 aromatic rings. The molecular formula is C14H12N3O2S-. The second-order valence-corrected chi connectivity index (χ2v) is 5.57. The van der Waals surface area contributed by atoms with Crippen molar-refractivity contribution in [3.05, 3.63) is 41.6 Å². The molecule has 3 rings (SSSR count). The van der Waals surface area contributed by atoms with Gasteiger partial charge >= 0.3 is 0 Å². The van der Waals surface area contributed by atoms with Gasteiger partial charge in [0, 0.05) is 10.5 Å². The van der Waals surface area contributed by atoms with Crippen LogP contribution >= 0.6 is 0 Å². The van der Waals surface area contributed by atoms with Crippen molar-refractivity contribution in [3.8, 4) is 11.3 Å². The number of rotatable bonds is 2. The number of nitrogens with zero attached hydrogens (tertiary/aromatic N) is 2. The van der Waals surface area contributed by atoms with Crippen molar-refractivity contribution in [2.75, 3.05) is 0 Å². The fourth-order valence-electron chi connectivity index (χ4n) is 2.19. The largest absolute Gasteiger partial charge is 0.768 e. The van der Waals surface area contributed by atoms with E-state index in [2.05, 4.69) is 15.2 Å². The minimum atomic E-state index is -2.21. The van der Waals surface area contributed by atoms with E-state index in [9.17, 15) is 8.76 Å². The molecule has 1 N–H and O–H groups in total. The molecule has 0 aliphatic carbocycles. The van der Waals surface area contributed by atoms with Crippen molar-refractivity contribution in [1.82, 2.24) is 15.2 Å². The maximum atomic E-state index is 11.0. The molecule has 1 aromatic carbocycles. The highest BCUT2D eigenvalue weighted by atomic mass is 32.2. The Morgan fingerprint density at radius 3 is 2.70 bits per heavy atom. The summed E-state index contributed by atoms with van der Waals surface area (Å²) in [4.78, 5) is 4.88. The number of fused-ring (bicyclic) bond motifs is 1. The highest BCUT2D eigenvalue weighted by Gasteiger charge is 2.08. The molecule has 2 heterocycles. The van der Waals surface area contributed by atoms with Gasteiger partial charge in [-0.15, -0.1) is 0 Å². The van der Waals surface area contributed by atoms with Gasteiger partial charge in [0.05, 0.1) is 11.4 Å². The van der Waals surface area contributed by atoms with Crippen molar-refractivity contribution in [2.24, 2.45) is 0 Å². The summed E-state index contributed by atoms with van der Waals surface area (Å²) in [5.74, 6) is 0. The summed E-state index contributed by atoms with van der Waals surface area (Å²) in [6.07, 6.45) is 0. The minimum absolute atomic E-state index is 0.284. The summed E-state index contributed by atoms with van der Waals surface area (Å²) in [7, 11) is 0. The predicted molar refractivity (Wildman–Crippen MR) is 76.0 cm³/mol. The zero-order chi connectivity index (χ0) is 14.3. The molecule has 0 aliphatic rings. The highest BCUT2D eigenvalue weighted by Crippen LogP contribution is 2.25. The first-order valence-corrected chi connectivity index (χ1v) is 7.16. The Morgan fingerprint density at radius 1 is 1.20 bits per heavy atom. The lowest BCUT2D eigenvalue weighted by Gasteiger charge is -2.10. The predicted octanol–water partition coefficient (Wildman–Crippen LogP) is 2.48. The fraction of sp³-hybridized carbons (Fsp3) is 0.143. The molecule has 0 saturated heterocycles. The molecule has 2 aromatic heterocycles. The van der Waals surface area contributed by atoms with E-state index < -0.39 is 11.1 Å². The van der Waals surface area contributed by atoms with Crippen molar-refractivity contribution >= 4 is 22.1 Å². The lowest BCUT2D eigenvalue weighted by Crippen LogP contribution is -1.93. The van der Waals surface area contributed by atoms with Gasteiger partial charge in [0.25, 0.3) is 0 Å². The van der Waals surface area contributed by atoms with Gasteiger partial charge in [-0.25, -0.2) is 4.98 Å². The number of aromatic amines is 1. The van der Waals surface area contributed by atoms with Gasteiger partial charge in [0.1, 0.15) is 11.0 Å². The standard InChI is InChI=1S/C14H13N3O2S/c1-8-7-10(20(18)19)3-4-11(8)12-5-6-13-14(15-12)9(2)16-17-13/h3-7H,1-2H3,(H,16,17)(H,18,19)/p-1. The highest BCUT2D eigenvalue weighted by molar-refractivity contribution is 7.79. The van der Waals surface area contributed by atoms with Crippen molar-refractivity contribution in [1.29, 1.82) is 0 Å². The Morgan fingerprint density at radius 2 is 2.00 bits per heavy atom. The van der Waals surface area contributed by atoms with Crippen LogP contribution in [0.1, 0.15) is 11.3 Å². The summed E-state index contributed by atoms with van der Waals surface area (Å²) in [5, 5.41) is 7.04. The SMILES string of the molecule is Cc1cc(S(=O)[O-])ccc1-c1ccc2n[nH]c(C)c2n1. The molecule has 0 saturated carbocycles. The molecule has 0 amide bonds. The van der Waals surface area contributed by atoms with E-state index in [4.69, 9.17) is 0 Å². The van der Waals surface area contributed by atoms with Gasteiger partial charge in [-0.2, -0.15) is 5.10 Å². The van der Waals surface area contributed by atoms with Crippen LogP contribution < -0.4 is 0 Å². The zero-order valence-electron chi connectivity index (χ0n) is 11.0. The molecule has 0 spiro atoms. The Labute approximate surface area is 118 Å². The third kappa shape index (κ3) is 2.13. The van der Waals surface area contributed by atoms with Crippen LogP contribution in [0.2, 0.25) is 0 Å². The van der Waals surface area contributed by atoms with Crippen molar-refractivity contribution in [3.63, 3.8) is 0 Å². The molecule has 0 radical (unpaired) electrons. The van der Waals surface area contributed by atoms with Crippen LogP contribution in [0.5, 0.6) is 0 Å². The van der Waals surface area contributed by atoms with Crippen molar-refractivity contribution in [2.45, 2.75) is 18.7 Å². The third-order valence-corrected chi connectivity index (χ3v) is 3.88. The van der Waals surface area contributed by atoms with E-state index in [0.29, 0.717) is 0 Å². The molecule has 5 nitrogen and oxygen atoms in total. The number of hydrogen-bond acceptors (Lipinski definition) is 4. The second-order valence-electron chi connectivity index (χ2n) is 4.62. The van der Waals surface area contributed by atoms with E-state index >= 15 is 0 Å². The van der Waals surface area contributed by atoms with Gasteiger partial charge < -0.3 is 4.55 Å². The van der Waals surface area contributed by atoms with Crippen molar-refractivity contribution < 1.29 is 8.76 Å². The number of benzene rings is 1. The quantitative estimate of drug-likeness (QED) is 0.734. The van der Waals surface area contributed by atoms with Gasteiger partial charge in [-0.05, 0) is 54.8 Å². The summed E-state index contributed by atoms with van der Waals surface area (Å²) >= 11 is -2.21. The van der Waals surface area contributed by atoms with E-state index in [1.807, 2.05) is 26.0 Å². The van der Waals surface area contributed by atoms with Crippen LogP contribution in [0.4, 0.5) is 0 Å².